The predicted molar refractivity (Wildman–Crippen MR) is 83.1 cm³/mol. The van der Waals surface area contributed by atoms with Crippen LogP contribution in [-0.2, 0) is 10.4 Å². The largest absolute Gasteiger partial charge is 0.393 e. The third-order valence-corrected chi connectivity index (χ3v) is 3.60. The van der Waals surface area contributed by atoms with Gasteiger partial charge in [-0.15, -0.1) is 0 Å². The average molecular weight is 329 g/mol. The van der Waals surface area contributed by atoms with Gasteiger partial charge < -0.3 is 16.6 Å². The third-order valence-electron chi connectivity index (χ3n) is 2.66. The first-order valence-corrected chi connectivity index (χ1v) is 7.01. The molecular weight excluding hydrogens is 312 g/mol. The Morgan fingerprint density at radius 2 is 1.82 bits per heavy atom. The summed E-state index contributed by atoms with van der Waals surface area (Å²) in [6, 6.07) is 2.05. The summed E-state index contributed by atoms with van der Waals surface area (Å²) >= 11 is 0.713. The number of hydrogen-bond donors (Lipinski definition) is 3. The molecule has 1 rings (SSSR count). The lowest BCUT2D eigenvalue weighted by molar-refractivity contribution is -0.113. The Hall–Kier alpha value is -1.93. The van der Waals surface area contributed by atoms with Gasteiger partial charge in [-0.25, -0.2) is 8.78 Å². The second kappa shape index (κ2) is 6.89. The van der Waals surface area contributed by atoms with Crippen LogP contribution < -0.4 is 11.5 Å². The van der Waals surface area contributed by atoms with Crippen molar-refractivity contribution in [3.05, 3.63) is 46.0 Å². The first-order chi connectivity index (χ1) is 10.1. The molecule has 120 valence electrons. The van der Waals surface area contributed by atoms with Crippen molar-refractivity contribution in [1.29, 1.82) is 0 Å². The van der Waals surface area contributed by atoms with Gasteiger partial charge >= 0.3 is 0 Å². The topological polar surface area (TPSA) is 102 Å². The zero-order chi connectivity index (χ0) is 17.1. The molecule has 5 nitrogen and oxygen atoms in total. The fourth-order valence-corrected chi connectivity index (χ4v) is 2.41. The van der Waals surface area contributed by atoms with Crippen LogP contribution in [0.5, 0.6) is 0 Å². The third kappa shape index (κ3) is 4.54. The maximum absolute atomic E-state index is 14.2. The van der Waals surface area contributed by atoms with Gasteiger partial charge in [0.1, 0.15) is 16.7 Å². The molecule has 1 aromatic carbocycles. The monoisotopic (exact) mass is 329 g/mol. The predicted octanol–water partition coefficient (Wildman–Crippen LogP) is 1.59. The summed E-state index contributed by atoms with van der Waals surface area (Å²) in [4.78, 5) is 14.5. The fraction of sp³-hybridized carbons (Fsp3) is 0.286. The number of rotatable bonds is 4. The van der Waals surface area contributed by atoms with Crippen molar-refractivity contribution in [2.75, 3.05) is 7.05 Å². The summed E-state index contributed by atoms with van der Waals surface area (Å²) in [6.07, 6.45) is 0.927. The SMILES string of the molecule is CN=C(S/C(N)=C/C(N)=O)c1c(F)cc(C(C)(C)O)cc1F. The maximum atomic E-state index is 14.2. The molecular formula is C14H17F2N3O2S. The van der Waals surface area contributed by atoms with E-state index < -0.39 is 23.1 Å². The van der Waals surface area contributed by atoms with E-state index >= 15 is 0 Å². The second-order valence-corrected chi connectivity index (χ2v) is 6.02. The number of nitrogens with two attached hydrogens (primary N) is 2. The van der Waals surface area contributed by atoms with E-state index in [1.807, 2.05) is 0 Å². The van der Waals surface area contributed by atoms with Crippen molar-refractivity contribution in [1.82, 2.24) is 0 Å². The van der Waals surface area contributed by atoms with E-state index in [2.05, 4.69) is 4.99 Å². The first-order valence-electron chi connectivity index (χ1n) is 6.19. The maximum Gasteiger partial charge on any atom is 0.244 e. The van der Waals surface area contributed by atoms with Gasteiger partial charge in [0.15, 0.2) is 0 Å². The zero-order valence-electron chi connectivity index (χ0n) is 12.4. The molecule has 0 unspecified atom stereocenters. The summed E-state index contributed by atoms with van der Waals surface area (Å²) in [7, 11) is 1.34. The Balaban J connectivity index is 3.28. The summed E-state index contributed by atoms with van der Waals surface area (Å²) in [6.45, 7) is 2.83. The van der Waals surface area contributed by atoms with Crippen LogP contribution >= 0.6 is 11.8 Å². The van der Waals surface area contributed by atoms with Gasteiger partial charge in [-0.1, -0.05) is 11.8 Å². The molecule has 0 heterocycles. The molecule has 0 aliphatic carbocycles. The Kier molecular flexibility index (Phi) is 5.67. The Bertz CT molecular complexity index is 629. The van der Waals surface area contributed by atoms with Gasteiger partial charge in [0.2, 0.25) is 5.91 Å². The van der Waals surface area contributed by atoms with Crippen molar-refractivity contribution in [2.24, 2.45) is 16.5 Å². The number of nitrogens with zero attached hydrogens (tertiary/aromatic N) is 1. The Morgan fingerprint density at radius 3 is 2.18 bits per heavy atom. The van der Waals surface area contributed by atoms with Crippen LogP contribution in [0.4, 0.5) is 8.78 Å². The number of halogens is 2. The second-order valence-electron chi connectivity index (χ2n) is 4.95. The number of aliphatic hydroxyl groups is 1. The summed E-state index contributed by atoms with van der Waals surface area (Å²) in [5, 5.41) is 9.73. The lowest BCUT2D eigenvalue weighted by atomic mass is 9.96. The van der Waals surface area contributed by atoms with E-state index in [1.54, 1.807) is 0 Å². The van der Waals surface area contributed by atoms with E-state index in [-0.39, 0.29) is 21.2 Å². The molecule has 22 heavy (non-hydrogen) atoms. The fourth-order valence-electron chi connectivity index (χ4n) is 1.62. The van der Waals surface area contributed by atoms with Crippen LogP contribution in [0, 0.1) is 11.6 Å². The van der Waals surface area contributed by atoms with E-state index in [9.17, 15) is 18.7 Å². The Labute approximate surface area is 131 Å². The molecule has 0 aliphatic rings. The molecule has 1 aromatic rings. The minimum atomic E-state index is -1.39. The number of hydrogen-bond acceptors (Lipinski definition) is 5. The van der Waals surface area contributed by atoms with Gasteiger partial charge in [0.05, 0.1) is 16.2 Å². The van der Waals surface area contributed by atoms with Gasteiger partial charge in [-0.3, -0.25) is 9.79 Å². The molecule has 0 aliphatic heterocycles. The number of aliphatic imine (C=N–C) groups is 1. The highest BCUT2D eigenvalue weighted by atomic mass is 32.2. The minimum absolute atomic E-state index is 0.0431. The zero-order valence-corrected chi connectivity index (χ0v) is 13.2. The molecule has 0 radical (unpaired) electrons. The van der Waals surface area contributed by atoms with Crippen molar-refractivity contribution in [3.63, 3.8) is 0 Å². The van der Waals surface area contributed by atoms with Crippen LogP contribution in [0.3, 0.4) is 0 Å². The smallest absolute Gasteiger partial charge is 0.244 e. The Morgan fingerprint density at radius 1 is 1.32 bits per heavy atom. The van der Waals surface area contributed by atoms with Gasteiger partial charge in [-0.05, 0) is 31.5 Å². The van der Waals surface area contributed by atoms with Gasteiger partial charge in [-0.2, -0.15) is 0 Å². The highest BCUT2D eigenvalue weighted by Gasteiger charge is 2.23. The van der Waals surface area contributed by atoms with Crippen LogP contribution in [0.1, 0.15) is 25.0 Å². The van der Waals surface area contributed by atoms with Crippen LogP contribution in [0.2, 0.25) is 0 Å². The highest BCUT2D eigenvalue weighted by molar-refractivity contribution is 8.17. The van der Waals surface area contributed by atoms with E-state index in [0.717, 1.165) is 18.2 Å². The van der Waals surface area contributed by atoms with Crippen molar-refractivity contribution < 1.29 is 18.7 Å². The first kappa shape index (κ1) is 18.1. The number of carbonyl (C=O) groups excluding carboxylic acids is 1. The molecule has 0 aromatic heterocycles. The minimum Gasteiger partial charge on any atom is -0.393 e. The summed E-state index contributed by atoms with van der Waals surface area (Å²) < 4.78 is 28.4. The van der Waals surface area contributed by atoms with Crippen molar-refractivity contribution in [3.8, 4) is 0 Å². The molecule has 0 bridgehead atoms. The normalized spacial score (nSPS) is 13.4. The molecule has 0 atom stereocenters. The number of benzene rings is 1. The van der Waals surface area contributed by atoms with Gasteiger partial charge in [0, 0.05) is 13.1 Å². The van der Waals surface area contributed by atoms with Crippen molar-refractivity contribution >= 4 is 22.7 Å². The molecule has 0 saturated heterocycles. The van der Waals surface area contributed by atoms with E-state index in [0.29, 0.717) is 11.8 Å². The van der Waals surface area contributed by atoms with Gasteiger partial charge in [0.25, 0.3) is 0 Å². The lowest BCUT2D eigenvalue weighted by Crippen LogP contribution is -2.18. The number of carbonyl (C=O) groups is 1. The lowest BCUT2D eigenvalue weighted by Gasteiger charge is -2.19. The molecule has 8 heteroatoms. The number of thioether (sulfide) groups is 1. The molecule has 0 saturated carbocycles. The summed E-state index contributed by atoms with van der Waals surface area (Å²) in [5.41, 5.74) is 8.81. The molecule has 0 fully saturated rings. The van der Waals surface area contributed by atoms with E-state index in [4.69, 9.17) is 11.5 Å². The molecule has 1 amide bonds. The quantitative estimate of drug-likeness (QED) is 0.443. The van der Waals surface area contributed by atoms with E-state index in [1.165, 1.54) is 20.9 Å². The highest BCUT2D eigenvalue weighted by Crippen LogP contribution is 2.28. The number of primary amides is 1. The summed E-state index contributed by atoms with van der Waals surface area (Å²) in [5.74, 6) is -2.56. The number of amides is 1. The average Bonchev–Trinajstić information content (AvgIpc) is 2.34. The van der Waals surface area contributed by atoms with Crippen LogP contribution in [-0.4, -0.2) is 23.1 Å². The molecule has 0 spiro atoms. The van der Waals surface area contributed by atoms with Crippen LogP contribution in [0.25, 0.3) is 0 Å². The molecule has 5 N–H and O–H groups in total. The standard InChI is InChI=1S/C14H17F2N3O2S/c1-14(2,21)7-4-8(15)12(9(16)5-7)13(19-3)22-11(18)6-10(17)20/h4-6,21H,18H2,1-3H3,(H2,17,20)/b11-6+,19-13?. The van der Waals surface area contributed by atoms with Crippen LogP contribution in [0.15, 0.2) is 28.2 Å². The van der Waals surface area contributed by atoms with Crippen molar-refractivity contribution in [2.45, 2.75) is 19.4 Å².